The first kappa shape index (κ1) is 15.9. The lowest BCUT2D eigenvalue weighted by atomic mass is 10.1. The van der Waals surface area contributed by atoms with Crippen LogP contribution in [0.3, 0.4) is 0 Å². The highest BCUT2D eigenvalue weighted by Gasteiger charge is 2.28. The summed E-state index contributed by atoms with van der Waals surface area (Å²) in [6.45, 7) is 1.97. The Labute approximate surface area is 148 Å². The van der Waals surface area contributed by atoms with Crippen molar-refractivity contribution in [3.05, 3.63) is 52.1 Å². The number of nitro benzene ring substituents is 1. The van der Waals surface area contributed by atoms with Gasteiger partial charge < -0.3 is 15.0 Å². The fourth-order valence-electron chi connectivity index (χ4n) is 2.94. The molecule has 4 rings (SSSR count). The SMILES string of the molecule is O=C(c1cc2c(c([N+](=O)[O-])c1)Nc1ccccc1S2)N1CCOCC1. The largest absolute Gasteiger partial charge is 0.378 e. The third-order valence-corrected chi connectivity index (χ3v) is 5.31. The number of nitrogens with one attached hydrogen (secondary N) is 1. The van der Waals surface area contributed by atoms with Crippen LogP contribution in [0, 0.1) is 10.1 Å². The number of ether oxygens (including phenoxy) is 1. The number of carbonyl (C=O) groups is 1. The molecule has 0 aromatic heterocycles. The summed E-state index contributed by atoms with van der Waals surface area (Å²) in [5.74, 6) is -0.200. The molecule has 8 heteroatoms. The van der Waals surface area contributed by atoms with Gasteiger partial charge in [-0.2, -0.15) is 0 Å². The normalized spacial score (nSPS) is 15.8. The van der Waals surface area contributed by atoms with Gasteiger partial charge >= 0.3 is 0 Å². The van der Waals surface area contributed by atoms with Gasteiger partial charge in [-0.1, -0.05) is 23.9 Å². The van der Waals surface area contributed by atoms with Crippen LogP contribution in [0.1, 0.15) is 10.4 Å². The third kappa shape index (κ3) is 2.94. The molecule has 128 valence electrons. The molecule has 2 aliphatic heterocycles. The molecule has 0 radical (unpaired) electrons. The molecule has 1 fully saturated rings. The average molecular weight is 357 g/mol. The smallest absolute Gasteiger partial charge is 0.294 e. The maximum atomic E-state index is 12.7. The Morgan fingerprint density at radius 2 is 1.96 bits per heavy atom. The highest BCUT2D eigenvalue weighted by molar-refractivity contribution is 7.99. The van der Waals surface area contributed by atoms with Crippen LogP contribution in [-0.4, -0.2) is 42.0 Å². The van der Waals surface area contributed by atoms with Gasteiger partial charge in [-0.3, -0.25) is 14.9 Å². The number of para-hydroxylation sites is 1. The van der Waals surface area contributed by atoms with Crippen LogP contribution in [0.4, 0.5) is 17.1 Å². The van der Waals surface area contributed by atoms with Crippen molar-refractivity contribution < 1.29 is 14.5 Å². The molecule has 25 heavy (non-hydrogen) atoms. The zero-order chi connectivity index (χ0) is 17.4. The van der Waals surface area contributed by atoms with Crippen molar-refractivity contribution in [1.29, 1.82) is 0 Å². The lowest BCUT2D eigenvalue weighted by Crippen LogP contribution is -2.40. The Morgan fingerprint density at radius 3 is 2.72 bits per heavy atom. The summed E-state index contributed by atoms with van der Waals surface area (Å²) in [5, 5.41) is 14.7. The molecule has 1 saturated heterocycles. The van der Waals surface area contributed by atoms with Gasteiger partial charge in [0.1, 0.15) is 5.69 Å². The number of nitro groups is 1. The van der Waals surface area contributed by atoms with E-state index in [9.17, 15) is 14.9 Å². The first-order valence-corrected chi connectivity index (χ1v) is 8.68. The monoisotopic (exact) mass is 357 g/mol. The molecule has 2 aliphatic rings. The van der Waals surface area contributed by atoms with Crippen LogP contribution >= 0.6 is 11.8 Å². The summed E-state index contributed by atoms with van der Waals surface area (Å²) >= 11 is 1.43. The van der Waals surface area contributed by atoms with E-state index in [1.54, 1.807) is 11.0 Å². The van der Waals surface area contributed by atoms with Crippen LogP contribution < -0.4 is 5.32 Å². The van der Waals surface area contributed by atoms with Gasteiger partial charge in [-0.25, -0.2) is 0 Å². The minimum Gasteiger partial charge on any atom is -0.378 e. The van der Waals surface area contributed by atoms with Crippen molar-refractivity contribution in [3.63, 3.8) is 0 Å². The Kier molecular flexibility index (Phi) is 4.06. The molecule has 0 bridgehead atoms. The lowest BCUT2D eigenvalue weighted by Gasteiger charge is -2.27. The average Bonchev–Trinajstić information content (AvgIpc) is 2.65. The van der Waals surface area contributed by atoms with E-state index in [1.165, 1.54) is 17.8 Å². The van der Waals surface area contributed by atoms with Gasteiger partial charge in [0.2, 0.25) is 0 Å². The molecule has 2 heterocycles. The van der Waals surface area contributed by atoms with Crippen LogP contribution in [0.2, 0.25) is 0 Å². The third-order valence-electron chi connectivity index (χ3n) is 4.19. The molecular formula is C17H15N3O4S. The molecule has 0 aliphatic carbocycles. The second kappa shape index (κ2) is 6.38. The standard InChI is InChI=1S/C17H15N3O4S/c21-17(19-5-7-24-8-6-19)11-9-13(20(22)23)16-15(10-11)25-14-4-2-1-3-12(14)18-16/h1-4,9-10,18H,5-8H2. The van der Waals surface area contributed by atoms with Crippen LogP contribution in [-0.2, 0) is 4.74 Å². The molecule has 2 aromatic rings. The Bertz CT molecular complexity index is 865. The van der Waals surface area contributed by atoms with E-state index < -0.39 is 4.92 Å². The van der Waals surface area contributed by atoms with E-state index in [4.69, 9.17) is 4.74 Å². The van der Waals surface area contributed by atoms with E-state index in [0.29, 0.717) is 42.4 Å². The molecular weight excluding hydrogens is 342 g/mol. The van der Waals surface area contributed by atoms with E-state index in [-0.39, 0.29) is 11.6 Å². The van der Waals surface area contributed by atoms with Crippen molar-refractivity contribution >= 4 is 34.7 Å². The summed E-state index contributed by atoms with van der Waals surface area (Å²) in [7, 11) is 0. The molecule has 0 spiro atoms. The van der Waals surface area contributed by atoms with Gasteiger partial charge in [-0.15, -0.1) is 0 Å². The first-order chi connectivity index (χ1) is 12.1. The zero-order valence-electron chi connectivity index (χ0n) is 13.2. The van der Waals surface area contributed by atoms with Gasteiger partial charge in [0.05, 0.1) is 23.8 Å². The summed E-state index contributed by atoms with van der Waals surface area (Å²) in [6, 6.07) is 10.7. The highest BCUT2D eigenvalue weighted by Crippen LogP contribution is 2.48. The Balaban J connectivity index is 1.75. The Morgan fingerprint density at radius 1 is 1.20 bits per heavy atom. The van der Waals surface area contributed by atoms with Gasteiger partial charge in [0.25, 0.3) is 11.6 Å². The fourth-order valence-corrected chi connectivity index (χ4v) is 3.99. The summed E-state index contributed by atoms with van der Waals surface area (Å²) in [4.78, 5) is 27.2. The number of amides is 1. The summed E-state index contributed by atoms with van der Waals surface area (Å²) < 4.78 is 5.26. The van der Waals surface area contributed by atoms with Crippen LogP contribution in [0.5, 0.6) is 0 Å². The van der Waals surface area contributed by atoms with E-state index in [0.717, 1.165) is 10.6 Å². The number of hydrogen-bond acceptors (Lipinski definition) is 6. The highest BCUT2D eigenvalue weighted by atomic mass is 32.2. The fraction of sp³-hybridized carbons (Fsp3) is 0.235. The maximum Gasteiger partial charge on any atom is 0.294 e. The first-order valence-electron chi connectivity index (χ1n) is 7.87. The number of nitrogens with zero attached hydrogens (tertiary/aromatic N) is 2. The quantitative estimate of drug-likeness (QED) is 0.560. The van der Waals surface area contributed by atoms with Crippen molar-refractivity contribution in [2.75, 3.05) is 31.6 Å². The summed E-state index contributed by atoms with van der Waals surface area (Å²) in [5.41, 5.74) is 1.51. The second-order valence-electron chi connectivity index (χ2n) is 5.75. The number of anilines is 2. The number of benzene rings is 2. The number of morpholine rings is 1. The number of carbonyl (C=O) groups excluding carboxylic acids is 1. The van der Waals surface area contributed by atoms with Crippen molar-refractivity contribution in [2.24, 2.45) is 0 Å². The molecule has 7 nitrogen and oxygen atoms in total. The maximum absolute atomic E-state index is 12.7. The van der Waals surface area contributed by atoms with Gasteiger partial charge in [-0.05, 0) is 18.2 Å². The number of hydrogen-bond donors (Lipinski definition) is 1. The summed E-state index contributed by atoms with van der Waals surface area (Å²) in [6.07, 6.45) is 0. The topological polar surface area (TPSA) is 84.7 Å². The van der Waals surface area contributed by atoms with Crippen LogP contribution in [0.15, 0.2) is 46.2 Å². The van der Waals surface area contributed by atoms with E-state index in [1.807, 2.05) is 24.3 Å². The van der Waals surface area contributed by atoms with Crippen molar-refractivity contribution in [1.82, 2.24) is 4.90 Å². The van der Waals surface area contributed by atoms with Crippen LogP contribution in [0.25, 0.3) is 0 Å². The lowest BCUT2D eigenvalue weighted by molar-refractivity contribution is -0.384. The molecule has 0 saturated carbocycles. The van der Waals surface area contributed by atoms with Gasteiger partial charge in [0.15, 0.2) is 0 Å². The molecule has 0 unspecified atom stereocenters. The van der Waals surface area contributed by atoms with E-state index in [2.05, 4.69) is 5.32 Å². The molecule has 2 aromatic carbocycles. The Hall–Kier alpha value is -2.58. The molecule has 1 amide bonds. The predicted molar refractivity (Wildman–Crippen MR) is 93.7 cm³/mol. The minimum atomic E-state index is -0.448. The number of fused-ring (bicyclic) bond motifs is 2. The van der Waals surface area contributed by atoms with Gasteiger partial charge in [0, 0.05) is 34.5 Å². The number of rotatable bonds is 2. The zero-order valence-corrected chi connectivity index (χ0v) is 14.0. The molecule has 0 atom stereocenters. The molecule has 1 N–H and O–H groups in total. The van der Waals surface area contributed by atoms with E-state index >= 15 is 0 Å². The van der Waals surface area contributed by atoms with Crippen molar-refractivity contribution in [2.45, 2.75) is 9.79 Å². The predicted octanol–water partition coefficient (Wildman–Crippen LogP) is 3.28. The minimum absolute atomic E-state index is 0.0869. The van der Waals surface area contributed by atoms with Crippen molar-refractivity contribution in [3.8, 4) is 0 Å². The second-order valence-corrected chi connectivity index (χ2v) is 6.84.